The predicted octanol–water partition coefficient (Wildman–Crippen LogP) is 5.32. The molecule has 0 atom stereocenters. The third-order valence-corrected chi connectivity index (χ3v) is 9.31. The van der Waals surface area contributed by atoms with E-state index in [4.69, 9.17) is 0 Å². The normalized spacial score (nSPS) is 11.3. The van der Waals surface area contributed by atoms with Gasteiger partial charge in [-0.1, -0.05) is 72.8 Å². The Morgan fingerprint density at radius 1 is 0.481 bits per heavy atom. The predicted molar refractivity (Wildman–Crippen MR) is 115 cm³/mol. The Bertz CT molecular complexity index is 901. The van der Waals surface area contributed by atoms with Gasteiger partial charge in [0.05, 0.1) is 0 Å². The second-order valence-electron chi connectivity index (χ2n) is 6.57. The fraction of sp³-hybridized carbons (Fsp3) is 0.0400. The van der Waals surface area contributed by atoms with Crippen molar-refractivity contribution in [3.8, 4) is 0 Å². The van der Waals surface area contributed by atoms with Gasteiger partial charge < -0.3 is 0 Å². The van der Waals surface area contributed by atoms with Crippen LogP contribution in [0.2, 0.25) is 0 Å². The molecule has 0 unspecified atom stereocenters. The maximum absolute atomic E-state index is 14.7. The second kappa shape index (κ2) is 7.86. The summed E-state index contributed by atoms with van der Waals surface area (Å²) in [6.07, 6.45) is 0.664. The minimum absolute atomic E-state index is 0.135. The van der Waals surface area contributed by atoms with E-state index in [1.807, 2.05) is 30.3 Å². The van der Waals surface area contributed by atoms with Crippen LogP contribution < -0.4 is 15.9 Å². The molecule has 0 radical (unpaired) electrons. The Morgan fingerprint density at radius 3 is 1.26 bits per heavy atom. The maximum atomic E-state index is 14.7. The van der Waals surface area contributed by atoms with E-state index in [0.29, 0.717) is 6.16 Å². The molecule has 0 amide bonds. The molecule has 132 valence electrons. The van der Waals surface area contributed by atoms with Gasteiger partial charge in [0.1, 0.15) is 35.2 Å². The monoisotopic (exact) mass is 370 g/mol. The number of hydrogen-bond donors (Lipinski definition) is 0. The molecule has 4 rings (SSSR count). The van der Waals surface area contributed by atoms with Crippen LogP contribution >= 0.6 is 7.26 Å². The van der Waals surface area contributed by atoms with E-state index >= 15 is 0 Å². The van der Waals surface area contributed by atoms with Crippen molar-refractivity contribution in [2.45, 2.75) is 6.16 Å². The van der Waals surface area contributed by atoms with Crippen LogP contribution in [0.4, 0.5) is 4.39 Å². The molecule has 0 N–H and O–H groups in total. The topological polar surface area (TPSA) is 0 Å². The number of hydrogen-bond acceptors (Lipinski definition) is 0. The van der Waals surface area contributed by atoms with Gasteiger partial charge >= 0.3 is 0 Å². The molecule has 0 aliphatic carbocycles. The highest BCUT2D eigenvalue weighted by atomic mass is 31.2. The van der Waals surface area contributed by atoms with Gasteiger partial charge in [-0.25, -0.2) is 4.39 Å². The summed E-state index contributed by atoms with van der Waals surface area (Å²) in [7, 11) is -2.04. The van der Waals surface area contributed by atoms with Gasteiger partial charge in [0.15, 0.2) is 0 Å². The van der Waals surface area contributed by atoms with Crippen molar-refractivity contribution in [3.63, 3.8) is 0 Å². The average Bonchev–Trinajstić information content (AvgIpc) is 2.75. The minimum Gasteiger partial charge on any atom is -0.207 e. The third kappa shape index (κ3) is 3.44. The van der Waals surface area contributed by atoms with Crippen molar-refractivity contribution < 1.29 is 4.39 Å². The van der Waals surface area contributed by atoms with Gasteiger partial charge in [0.2, 0.25) is 0 Å². The first-order chi connectivity index (χ1) is 13.3. The van der Waals surface area contributed by atoms with Gasteiger partial charge in [-0.2, -0.15) is 0 Å². The molecule has 0 saturated carbocycles. The first-order valence-electron chi connectivity index (χ1n) is 9.09. The Morgan fingerprint density at radius 2 is 0.852 bits per heavy atom. The summed E-state index contributed by atoms with van der Waals surface area (Å²) in [5.41, 5.74) is 0.766. The Labute approximate surface area is 160 Å². The lowest BCUT2D eigenvalue weighted by molar-refractivity contribution is 0.617. The van der Waals surface area contributed by atoms with E-state index < -0.39 is 7.26 Å². The SMILES string of the molecule is [18F]c1ccccc1C[P+](c1ccccc1)(c1ccccc1)c1ccccc1. The molecule has 0 spiro atoms. The second-order valence-corrected chi connectivity index (χ2v) is 10.1. The summed E-state index contributed by atoms with van der Waals surface area (Å²) in [4.78, 5) is 0. The van der Waals surface area contributed by atoms with Crippen molar-refractivity contribution >= 4 is 23.2 Å². The van der Waals surface area contributed by atoms with Crippen molar-refractivity contribution in [1.29, 1.82) is 0 Å². The van der Waals surface area contributed by atoms with Crippen LogP contribution in [0.5, 0.6) is 0 Å². The number of rotatable bonds is 5. The summed E-state index contributed by atoms with van der Waals surface area (Å²) >= 11 is 0. The lowest BCUT2D eigenvalue weighted by Gasteiger charge is -2.28. The van der Waals surface area contributed by atoms with Gasteiger partial charge in [-0.3, -0.25) is 0 Å². The highest BCUT2D eigenvalue weighted by Crippen LogP contribution is 2.58. The van der Waals surface area contributed by atoms with E-state index in [2.05, 4.69) is 72.8 Å². The summed E-state index contributed by atoms with van der Waals surface area (Å²) in [5, 5.41) is 3.81. The zero-order valence-corrected chi connectivity index (χ0v) is 15.9. The Balaban J connectivity index is 2.02. The van der Waals surface area contributed by atoms with Gasteiger partial charge in [0, 0.05) is 5.56 Å². The number of benzene rings is 4. The van der Waals surface area contributed by atoms with Crippen LogP contribution in [0.15, 0.2) is 115 Å². The highest BCUT2D eigenvalue weighted by Gasteiger charge is 2.45. The van der Waals surface area contributed by atoms with Crippen LogP contribution in [0.1, 0.15) is 5.56 Å². The van der Waals surface area contributed by atoms with Crippen LogP contribution in [0, 0.1) is 5.82 Å². The summed E-state index contributed by atoms with van der Waals surface area (Å²) in [5.74, 6) is -0.135. The van der Waals surface area contributed by atoms with E-state index in [0.717, 1.165) is 5.56 Å². The Hall–Kier alpha value is -2.76. The molecule has 0 aromatic heterocycles. The summed E-state index contributed by atoms with van der Waals surface area (Å²) < 4.78 is 14.7. The van der Waals surface area contributed by atoms with Crippen molar-refractivity contribution in [2.24, 2.45) is 0 Å². The maximum Gasteiger partial charge on any atom is 0.130 e. The molecule has 0 aliphatic heterocycles. The van der Waals surface area contributed by atoms with E-state index in [9.17, 15) is 4.39 Å². The zero-order valence-electron chi connectivity index (χ0n) is 15.0. The first-order valence-corrected chi connectivity index (χ1v) is 11.1. The van der Waals surface area contributed by atoms with Gasteiger partial charge in [-0.15, -0.1) is 0 Å². The molecule has 27 heavy (non-hydrogen) atoms. The van der Waals surface area contributed by atoms with Crippen LogP contribution in [0.3, 0.4) is 0 Å². The molecule has 2 heteroatoms. The molecule has 0 fully saturated rings. The molecule has 4 aromatic rings. The average molecular weight is 370 g/mol. The van der Waals surface area contributed by atoms with Crippen molar-refractivity contribution in [3.05, 3.63) is 127 Å². The smallest absolute Gasteiger partial charge is 0.130 e. The molecule has 4 aromatic carbocycles. The minimum atomic E-state index is -2.04. The first kappa shape index (κ1) is 17.6. The van der Waals surface area contributed by atoms with Crippen LogP contribution in [-0.4, -0.2) is 0 Å². The highest BCUT2D eigenvalue weighted by molar-refractivity contribution is 7.95. The van der Waals surface area contributed by atoms with Gasteiger partial charge in [0.25, 0.3) is 0 Å². The van der Waals surface area contributed by atoms with E-state index in [1.54, 1.807) is 12.1 Å². The molecule has 0 bridgehead atoms. The van der Waals surface area contributed by atoms with E-state index in [1.165, 1.54) is 15.9 Å². The van der Waals surface area contributed by atoms with Gasteiger partial charge in [-0.05, 0) is 42.5 Å². The molecule has 0 heterocycles. The molecule has 0 aliphatic rings. The van der Waals surface area contributed by atoms with Crippen LogP contribution in [0.25, 0.3) is 0 Å². The van der Waals surface area contributed by atoms with E-state index in [-0.39, 0.29) is 5.82 Å². The quantitative estimate of drug-likeness (QED) is 0.417. The number of halogens is 1. The summed E-state index contributed by atoms with van der Waals surface area (Å²) in [6, 6.07) is 38.9. The third-order valence-electron chi connectivity index (χ3n) is 4.96. The van der Waals surface area contributed by atoms with Crippen molar-refractivity contribution in [1.82, 2.24) is 0 Å². The van der Waals surface area contributed by atoms with Crippen molar-refractivity contribution in [2.75, 3.05) is 0 Å². The summed E-state index contributed by atoms with van der Waals surface area (Å²) in [6.45, 7) is 0. The largest absolute Gasteiger partial charge is 0.207 e. The lowest BCUT2D eigenvalue weighted by Crippen LogP contribution is -2.32. The molecular formula is C25H21FP+. The standard InChI is InChI=1S/C25H21FP/c26-25-19-11-10-12-21(25)20-27(22-13-4-1-5-14-22,23-15-6-2-7-16-23)24-17-8-3-9-18-24/h1-19H,20H2/q+1/i26-1. The fourth-order valence-electron chi connectivity index (χ4n) is 3.65. The molecular weight excluding hydrogens is 349 g/mol. The fourth-order valence-corrected chi connectivity index (χ4v) is 7.90. The molecule has 0 saturated heterocycles. The molecule has 0 nitrogen and oxygen atoms in total. The lowest BCUT2D eigenvalue weighted by atomic mass is 10.2. The zero-order chi connectivity index (χ0) is 18.5. The van der Waals surface area contributed by atoms with Crippen LogP contribution in [-0.2, 0) is 6.16 Å². The Kier molecular flexibility index (Phi) is 5.14.